The number of likely N-dealkylation sites (tertiary alicyclic amines) is 1. The maximum Gasteiger partial charge on any atom is 0.253 e. The van der Waals surface area contributed by atoms with Gasteiger partial charge in [0.1, 0.15) is 0 Å². The summed E-state index contributed by atoms with van der Waals surface area (Å²) in [5.41, 5.74) is 7.06. The number of rotatable bonds is 4. The summed E-state index contributed by atoms with van der Waals surface area (Å²) in [5, 5.41) is 3.29. The number of aromatic nitrogens is 1. The minimum absolute atomic E-state index is 0.0726. The van der Waals surface area contributed by atoms with Gasteiger partial charge >= 0.3 is 0 Å². The molecule has 4 nitrogen and oxygen atoms in total. The Morgan fingerprint density at radius 1 is 1.00 bits per heavy atom. The van der Waals surface area contributed by atoms with Crippen molar-refractivity contribution in [3.63, 3.8) is 0 Å². The van der Waals surface area contributed by atoms with Gasteiger partial charge in [-0.3, -0.25) is 9.69 Å². The summed E-state index contributed by atoms with van der Waals surface area (Å²) in [6, 6.07) is 19.4. The molecule has 1 fully saturated rings. The second-order valence-corrected chi connectivity index (χ2v) is 8.22. The van der Waals surface area contributed by atoms with Gasteiger partial charge in [0.2, 0.25) is 0 Å². The van der Waals surface area contributed by atoms with Crippen LogP contribution in [-0.4, -0.2) is 34.9 Å². The number of piperidine rings is 1. The van der Waals surface area contributed by atoms with E-state index in [4.69, 9.17) is 0 Å². The van der Waals surface area contributed by atoms with Gasteiger partial charge in [-0.2, -0.15) is 0 Å². The third-order valence-electron chi connectivity index (χ3n) is 6.34. The van der Waals surface area contributed by atoms with E-state index in [-0.39, 0.29) is 11.9 Å². The lowest BCUT2D eigenvalue weighted by atomic mass is 9.88. The largest absolute Gasteiger partial charge is 0.360 e. The highest BCUT2D eigenvalue weighted by Gasteiger charge is 2.26. The Labute approximate surface area is 171 Å². The number of carbonyl (C=O) groups is 1. The van der Waals surface area contributed by atoms with Crippen molar-refractivity contribution in [3.05, 3.63) is 83.0 Å². The van der Waals surface area contributed by atoms with Crippen LogP contribution in [-0.2, 0) is 19.4 Å². The molecule has 2 aromatic carbocycles. The van der Waals surface area contributed by atoms with Gasteiger partial charge in [0.05, 0.1) is 5.56 Å². The highest BCUT2D eigenvalue weighted by molar-refractivity contribution is 5.98. The average molecular weight is 386 g/mol. The molecule has 0 atom stereocenters. The van der Waals surface area contributed by atoms with Crippen molar-refractivity contribution in [2.75, 3.05) is 13.1 Å². The van der Waals surface area contributed by atoms with Gasteiger partial charge in [0.25, 0.3) is 5.91 Å². The van der Waals surface area contributed by atoms with E-state index in [1.165, 1.54) is 22.3 Å². The molecule has 5 rings (SSSR count). The molecular formula is C25H27N3O. The molecule has 2 N–H and O–H groups in total. The van der Waals surface area contributed by atoms with Crippen LogP contribution in [0.15, 0.2) is 60.8 Å². The van der Waals surface area contributed by atoms with Crippen LogP contribution in [0, 0.1) is 0 Å². The second kappa shape index (κ2) is 7.88. The van der Waals surface area contributed by atoms with Crippen LogP contribution >= 0.6 is 0 Å². The normalized spacial score (nSPS) is 16.8. The first-order chi connectivity index (χ1) is 14.3. The summed E-state index contributed by atoms with van der Waals surface area (Å²) in [7, 11) is 0. The molecule has 4 heteroatoms. The highest BCUT2D eigenvalue weighted by Crippen LogP contribution is 2.34. The Morgan fingerprint density at radius 3 is 2.59 bits per heavy atom. The topological polar surface area (TPSA) is 48.1 Å². The fourth-order valence-electron chi connectivity index (χ4n) is 4.74. The monoisotopic (exact) mass is 385 g/mol. The van der Waals surface area contributed by atoms with E-state index >= 15 is 0 Å². The van der Waals surface area contributed by atoms with E-state index in [9.17, 15) is 4.79 Å². The first-order valence-electron chi connectivity index (χ1n) is 10.6. The summed E-state index contributed by atoms with van der Waals surface area (Å²) in [4.78, 5) is 18.8. The van der Waals surface area contributed by atoms with Crippen LogP contribution < -0.4 is 5.32 Å². The van der Waals surface area contributed by atoms with Crippen molar-refractivity contribution < 1.29 is 4.79 Å². The smallest absolute Gasteiger partial charge is 0.253 e. The third kappa shape index (κ3) is 3.73. The van der Waals surface area contributed by atoms with Crippen LogP contribution in [0.1, 0.15) is 39.9 Å². The molecule has 0 bridgehead atoms. The van der Waals surface area contributed by atoms with Gasteiger partial charge in [-0.1, -0.05) is 54.6 Å². The molecule has 148 valence electrons. The maximum atomic E-state index is 13.0. The van der Waals surface area contributed by atoms with Crippen molar-refractivity contribution in [2.24, 2.45) is 0 Å². The number of benzene rings is 2. The van der Waals surface area contributed by atoms with Gasteiger partial charge in [0, 0.05) is 43.1 Å². The summed E-state index contributed by atoms with van der Waals surface area (Å²) in [5.74, 6) is 0.0726. The molecule has 3 aromatic rings. The van der Waals surface area contributed by atoms with E-state index in [0.717, 1.165) is 56.6 Å². The van der Waals surface area contributed by atoms with Crippen molar-refractivity contribution in [1.82, 2.24) is 15.2 Å². The van der Waals surface area contributed by atoms with Crippen LogP contribution in [0.3, 0.4) is 0 Å². The Kier molecular flexibility index (Phi) is 4.94. The minimum atomic E-state index is 0.0726. The van der Waals surface area contributed by atoms with Crippen molar-refractivity contribution in [1.29, 1.82) is 0 Å². The van der Waals surface area contributed by atoms with Gasteiger partial charge < -0.3 is 10.3 Å². The molecule has 1 aliphatic heterocycles. The first-order valence-corrected chi connectivity index (χ1v) is 10.6. The van der Waals surface area contributed by atoms with Crippen LogP contribution in [0.2, 0.25) is 0 Å². The average Bonchev–Trinajstić information content (AvgIpc) is 3.21. The zero-order valence-corrected chi connectivity index (χ0v) is 16.7. The number of aryl methyl sites for hydroxylation is 1. The number of amides is 1. The Morgan fingerprint density at radius 2 is 1.76 bits per heavy atom. The Hall–Kier alpha value is -2.85. The van der Waals surface area contributed by atoms with Crippen LogP contribution in [0.5, 0.6) is 0 Å². The standard InChI is InChI=1S/C25H27N3O/c29-25(23-16-26-24-21-9-5-4-8-19(21)10-11-22(23)24)27-20-12-14-28(15-13-20)17-18-6-2-1-3-7-18/h1-9,16,20,26H,10-15,17H2,(H,27,29). The lowest BCUT2D eigenvalue weighted by Gasteiger charge is -2.32. The van der Waals surface area contributed by atoms with Crippen molar-refractivity contribution in [2.45, 2.75) is 38.3 Å². The molecule has 0 saturated carbocycles. The fraction of sp³-hybridized carbons (Fsp3) is 0.320. The van der Waals surface area contributed by atoms with E-state index < -0.39 is 0 Å². The first kappa shape index (κ1) is 18.2. The fourth-order valence-corrected chi connectivity index (χ4v) is 4.74. The molecule has 1 saturated heterocycles. The molecule has 1 amide bonds. The molecule has 2 heterocycles. The highest BCUT2D eigenvalue weighted by atomic mass is 16.1. The zero-order valence-electron chi connectivity index (χ0n) is 16.7. The number of hydrogen-bond donors (Lipinski definition) is 2. The summed E-state index contributed by atoms with van der Waals surface area (Å²) in [6.45, 7) is 3.04. The predicted molar refractivity (Wildman–Crippen MR) is 116 cm³/mol. The number of nitrogens with zero attached hydrogens (tertiary/aromatic N) is 1. The molecule has 0 spiro atoms. The summed E-state index contributed by atoms with van der Waals surface area (Å²) >= 11 is 0. The number of fused-ring (bicyclic) bond motifs is 3. The number of aromatic amines is 1. The van der Waals surface area contributed by atoms with Crippen LogP contribution in [0.4, 0.5) is 0 Å². The summed E-state index contributed by atoms with van der Waals surface area (Å²) in [6.07, 6.45) is 5.84. The molecule has 0 unspecified atom stereocenters. The quantitative estimate of drug-likeness (QED) is 0.708. The SMILES string of the molecule is O=C(NC1CCN(Cc2ccccc2)CC1)c1c[nH]c2c1CCc1ccccc1-2. The number of hydrogen-bond acceptors (Lipinski definition) is 2. The van der Waals surface area contributed by atoms with Crippen molar-refractivity contribution >= 4 is 5.91 Å². The number of carbonyl (C=O) groups excluding carboxylic acids is 1. The molecular weight excluding hydrogens is 358 g/mol. The van der Waals surface area contributed by atoms with Gasteiger partial charge in [-0.05, 0) is 42.4 Å². The van der Waals surface area contributed by atoms with Gasteiger partial charge in [0.15, 0.2) is 0 Å². The predicted octanol–water partition coefficient (Wildman–Crippen LogP) is 4.17. The number of nitrogens with one attached hydrogen (secondary N) is 2. The van der Waals surface area contributed by atoms with E-state index in [0.29, 0.717) is 0 Å². The van der Waals surface area contributed by atoms with E-state index in [1.54, 1.807) is 0 Å². The Balaban J connectivity index is 1.21. The maximum absolute atomic E-state index is 13.0. The molecule has 29 heavy (non-hydrogen) atoms. The van der Waals surface area contributed by atoms with Gasteiger partial charge in [-0.15, -0.1) is 0 Å². The molecule has 1 aliphatic carbocycles. The minimum Gasteiger partial charge on any atom is -0.360 e. The van der Waals surface area contributed by atoms with Gasteiger partial charge in [-0.25, -0.2) is 0 Å². The van der Waals surface area contributed by atoms with E-state index in [2.05, 4.69) is 69.8 Å². The lowest BCUT2D eigenvalue weighted by molar-refractivity contribution is 0.0908. The zero-order chi connectivity index (χ0) is 19.6. The number of H-pyrrole nitrogens is 1. The molecule has 0 radical (unpaired) electrons. The third-order valence-corrected chi connectivity index (χ3v) is 6.34. The second-order valence-electron chi connectivity index (χ2n) is 8.22. The van der Waals surface area contributed by atoms with E-state index in [1.807, 2.05) is 6.20 Å². The lowest BCUT2D eigenvalue weighted by Crippen LogP contribution is -2.44. The Bertz CT molecular complexity index is 1000. The molecule has 1 aromatic heterocycles. The molecule has 2 aliphatic rings. The van der Waals surface area contributed by atoms with Crippen LogP contribution in [0.25, 0.3) is 11.3 Å². The summed E-state index contributed by atoms with van der Waals surface area (Å²) < 4.78 is 0. The van der Waals surface area contributed by atoms with Crippen molar-refractivity contribution in [3.8, 4) is 11.3 Å².